The van der Waals surface area contributed by atoms with Crippen LogP contribution in [0.2, 0.25) is 5.02 Å². The molecule has 13 heteroatoms. The molecular weight excluding hydrogens is 737 g/mol. The monoisotopic (exact) mass is 754 g/mol. The average Bonchev–Trinajstić information content (AvgIpc) is 3.26. The van der Waals surface area contributed by atoms with E-state index in [2.05, 4.69) is 36.9 Å². The average molecular weight is 757 g/mol. The molecule has 5 rings (SSSR count). The van der Waals surface area contributed by atoms with Gasteiger partial charge >= 0.3 is 12.1 Å². The van der Waals surface area contributed by atoms with Gasteiger partial charge in [-0.15, -0.1) is 0 Å². The molecule has 1 aliphatic heterocycles. The van der Waals surface area contributed by atoms with Gasteiger partial charge in [-0.1, -0.05) is 81.3 Å². The Kier molecular flexibility index (Phi) is 9.31. The largest absolute Gasteiger partial charge is 0.487 e. The minimum absolute atomic E-state index is 0.0823. The van der Waals surface area contributed by atoms with Crippen LogP contribution in [0, 0.1) is 0 Å². The number of halogens is 6. The molecule has 1 aromatic heterocycles. The van der Waals surface area contributed by atoms with E-state index in [4.69, 9.17) is 21.1 Å². The van der Waals surface area contributed by atoms with Gasteiger partial charge in [-0.2, -0.15) is 13.2 Å². The Bertz CT molecular complexity index is 1910. The van der Waals surface area contributed by atoms with Crippen LogP contribution in [-0.2, 0) is 16.1 Å². The third-order valence-electron chi connectivity index (χ3n) is 6.33. The van der Waals surface area contributed by atoms with E-state index < -0.39 is 35.0 Å². The number of hydrogen-bond donors (Lipinski definition) is 0. The Balaban J connectivity index is 1.72. The van der Waals surface area contributed by atoms with Gasteiger partial charge in [-0.25, -0.2) is 9.79 Å². The number of esters is 1. The minimum Gasteiger partial charge on any atom is -0.487 e. The molecule has 0 radical (unpaired) electrons. The fraction of sp³-hybridized carbons (Fsp3) is 0.167. The van der Waals surface area contributed by atoms with Crippen molar-refractivity contribution in [1.29, 1.82) is 0 Å². The highest BCUT2D eigenvalue weighted by molar-refractivity contribution is 9.11. The summed E-state index contributed by atoms with van der Waals surface area (Å²) in [5.74, 6) is -0.796. The van der Waals surface area contributed by atoms with Crippen molar-refractivity contribution in [3.05, 3.63) is 128 Å². The van der Waals surface area contributed by atoms with Crippen LogP contribution >= 0.6 is 54.8 Å². The smallest absolute Gasteiger partial charge is 0.434 e. The van der Waals surface area contributed by atoms with Gasteiger partial charge in [0.1, 0.15) is 12.4 Å². The van der Waals surface area contributed by atoms with Crippen molar-refractivity contribution in [1.82, 2.24) is 4.57 Å². The number of carbonyl (C=O) groups excluding carboxylic acids is 1. The van der Waals surface area contributed by atoms with E-state index in [9.17, 15) is 22.8 Å². The van der Waals surface area contributed by atoms with Gasteiger partial charge in [-0.05, 0) is 64.3 Å². The molecule has 0 saturated carbocycles. The van der Waals surface area contributed by atoms with Gasteiger partial charge in [0, 0.05) is 15.1 Å². The number of allylic oxidation sites excluding steroid dienone is 1. The predicted octanol–water partition coefficient (Wildman–Crippen LogP) is 7.10. The second kappa shape index (κ2) is 12.8. The Morgan fingerprint density at radius 1 is 1.12 bits per heavy atom. The van der Waals surface area contributed by atoms with Crippen molar-refractivity contribution >= 4 is 66.8 Å². The summed E-state index contributed by atoms with van der Waals surface area (Å²) in [5, 5.41) is 0.331. The Morgan fingerprint density at radius 3 is 2.47 bits per heavy atom. The second-order valence-corrected chi connectivity index (χ2v) is 12.4. The van der Waals surface area contributed by atoms with Gasteiger partial charge in [0.25, 0.3) is 5.56 Å². The maximum atomic E-state index is 14.4. The zero-order chi connectivity index (χ0) is 30.9. The van der Waals surface area contributed by atoms with E-state index in [1.165, 1.54) is 37.3 Å². The lowest BCUT2D eigenvalue weighted by molar-refractivity contribution is -0.140. The SMILES string of the molecule is CCOC(=O)C1=C(C(F)(F)F)N=c2s/c(=C\c3cc(Br)cc(Br)c3OCc3ccccc3)c(=O)n2[C@H]1c1ccc(Cl)cc1. The van der Waals surface area contributed by atoms with Crippen LogP contribution in [0.25, 0.3) is 6.08 Å². The van der Waals surface area contributed by atoms with E-state index >= 15 is 0 Å². The molecule has 222 valence electrons. The molecule has 0 bridgehead atoms. The number of rotatable bonds is 7. The summed E-state index contributed by atoms with van der Waals surface area (Å²) in [4.78, 5) is 30.5. The van der Waals surface area contributed by atoms with Crippen molar-refractivity contribution in [3.8, 4) is 5.75 Å². The molecule has 0 unspecified atom stereocenters. The first kappa shape index (κ1) is 31.2. The molecule has 1 atom stereocenters. The zero-order valence-corrected chi connectivity index (χ0v) is 26.9. The van der Waals surface area contributed by atoms with Crippen LogP contribution in [0.4, 0.5) is 13.2 Å². The summed E-state index contributed by atoms with van der Waals surface area (Å²) >= 11 is 13.8. The van der Waals surface area contributed by atoms with Crippen LogP contribution in [0.3, 0.4) is 0 Å². The van der Waals surface area contributed by atoms with Crippen molar-refractivity contribution in [3.63, 3.8) is 0 Å². The maximum absolute atomic E-state index is 14.4. The Hall–Kier alpha value is -3.19. The highest BCUT2D eigenvalue weighted by Crippen LogP contribution is 2.39. The van der Waals surface area contributed by atoms with Gasteiger partial charge in [-0.3, -0.25) is 9.36 Å². The predicted molar refractivity (Wildman–Crippen MR) is 165 cm³/mol. The highest BCUT2D eigenvalue weighted by atomic mass is 79.9. The van der Waals surface area contributed by atoms with Crippen LogP contribution in [0.15, 0.2) is 96.7 Å². The normalized spacial score (nSPS) is 15.2. The number of aromatic nitrogens is 1. The van der Waals surface area contributed by atoms with Crippen molar-refractivity contribution in [2.24, 2.45) is 4.99 Å². The van der Waals surface area contributed by atoms with Gasteiger partial charge in [0.2, 0.25) is 0 Å². The van der Waals surface area contributed by atoms with E-state index in [-0.39, 0.29) is 28.1 Å². The molecule has 0 spiro atoms. The molecule has 0 saturated heterocycles. The zero-order valence-electron chi connectivity index (χ0n) is 22.1. The summed E-state index contributed by atoms with van der Waals surface area (Å²) < 4.78 is 56.6. The third-order valence-corrected chi connectivity index (χ3v) is 8.61. The minimum atomic E-state index is -5.00. The van der Waals surface area contributed by atoms with Crippen molar-refractivity contribution in [2.75, 3.05) is 6.61 Å². The summed E-state index contributed by atoms with van der Waals surface area (Å²) in [5.41, 5.74) is -1.21. The summed E-state index contributed by atoms with van der Waals surface area (Å²) in [7, 11) is 0. The number of thiazole rings is 1. The van der Waals surface area contributed by atoms with E-state index in [1.54, 1.807) is 12.1 Å². The molecular formula is C30H20Br2ClF3N2O4S. The summed E-state index contributed by atoms with van der Waals surface area (Å²) in [6, 6.07) is 17.4. The second-order valence-electron chi connectivity index (χ2n) is 9.20. The summed E-state index contributed by atoms with van der Waals surface area (Å²) in [6.45, 7) is 1.54. The van der Waals surface area contributed by atoms with Gasteiger partial charge < -0.3 is 9.47 Å². The topological polar surface area (TPSA) is 69.9 Å². The molecule has 4 aromatic rings. The number of alkyl halides is 3. The molecule has 1 aliphatic rings. The van der Waals surface area contributed by atoms with E-state index in [0.717, 1.165) is 21.5 Å². The molecule has 0 fully saturated rings. The fourth-order valence-electron chi connectivity index (χ4n) is 4.51. The van der Waals surface area contributed by atoms with E-state index in [1.807, 2.05) is 30.3 Å². The molecule has 43 heavy (non-hydrogen) atoms. The van der Waals surface area contributed by atoms with Gasteiger partial charge in [0.15, 0.2) is 10.5 Å². The number of benzene rings is 3. The van der Waals surface area contributed by atoms with Gasteiger partial charge in [0.05, 0.1) is 27.2 Å². The maximum Gasteiger partial charge on any atom is 0.434 e. The number of hydrogen-bond acceptors (Lipinski definition) is 6. The first-order valence-electron chi connectivity index (χ1n) is 12.7. The first-order chi connectivity index (χ1) is 20.5. The lowest BCUT2D eigenvalue weighted by Crippen LogP contribution is -2.41. The lowest BCUT2D eigenvalue weighted by atomic mass is 9.95. The number of ether oxygens (including phenoxy) is 2. The number of carbonyl (C=O) groups is 1. The van der Waals surface area contributed by atoms with E-state index in [0.29, 0.717) is 25.3 Å². The highest BCUT2D eigenvalue weighted by Gasteiger charge is 2.45. The van der Waals surface area contributed by atoms with Crippen LogP contribution in [0.1, 0.15) is 29.7 Å². The Morgan fingerprint density at radius 2 is 1.81 bits per heavy atom. The molecule has 0 aliphatic carbocycles. The Labute approximate surface area is 269 Å². The van der Waals surface area contributed by atoms with Crippen LogP contribution in [0.5, 0.6) is 5.75 Å². The third kappa shape index (κ3) is 6.67. The molecule has 2 heterocycles. The summed E-state index contributed by atoms with van der Waals surface area (Å²) in [6.07, 6.45) is -3.48. The lowest BCUT2D eigenvalue weighted by Gasteiger charge is -2.26. The van der Waals surface area contributed by atoms with Crippen LogP contribution in [-0.4, -0.2) is 23.3 Å². The fourth-order valence-corrected chi connectivity index (χ4v) is 7.00. The molecule has 0 N–H and O–H groups in total. The quantitative estimate of drug-likeness (QED) is 0.189. The standard InChI is InChI=1S/C30H20Br2ClF3N2O4S/c1-2-41-28(40)23-24(17-8-10-20(33)11-9-17)38-27(39)22(43-29(38)37-26(23)30(34,35)36)13-18-12-19(31)14-21(32)25(18)42-15-16-6-4-3-5-7-16/h3-14,24H,2,15H2,1H3/b22-13-/t24-/m0/s1. The molecule has 3 aromatic carbocycles. The number of fused-ring (bicyclic) bond motifs is 1. The molecule has 6 nitrogen and oxygen atoms in total. The van der Waals surface area contributed by atoms with Crippen LogP contribution < -0.4 is 19.6 Å². The first-order valence-corrected chi connectivity index (χ1v) is 15.5. The van der Waals surface area contributed by atoms with Crippen molar-refractivity contribution < 1.29 is 27.4 Å². The number of nitrogens with zero attached hydrogens (tertiary/aromatic N) is 2. The molecule has 0 amide bonds. The van der Waals surface area contributed by atoms with Crippen molar-refractivity contribution in [2.45, 2.75) is 25.7 Å².